The van der Waals surface area contributed by atoms with Crippen molar-refractivity contribution in [2.24, 2.45) is 0 Å². The molecule has 100 valence electrons. The molecule has 5 heteroatoms. The highest BCUT2D eigenvalue weighted by Gasteiger charge is 2.07. The van der Waals surface area contributed by atoms with Crippen LogP contribution in [0.2, 0.25) is 5.15 Å². The van der Waals surface area contributed by atoms with Crippen molar-refractivity contribution in [3.05, 3.63) is 52.2 Å². The van der Waals surface area contributed by atoms with E-state index in [0.29, 0.717) is 35.3 Å². The summed E-state index contributed by atoms with van der Waals surface area (Å²) in [5.41, 5.74) is 1.49. The maximum atomic E-state index is 13.4. The Balaban J connectivity index is 2.02. The monoisotopic (exact) mass is 279 g/mol. The number of hydrogen-bond donors (Lipinski definition) is 1. The van der Waals surface area contributed by atoms with Crippen LogP contribution in [0, 0.1) is 19.7 Å². The number of hydrogen-bond acceptors (Lipinski definition) is 3. The third kappa shape index (κ3) is 3.41. The van der Waals surface area contributed by atoms with Crippen molar-refractivity contribution in [2.45, 2.75) is 20.3 Å². The first-order valence-electron chi connectivity index (χ1n) is 6.06. The number of nitrogens with zero attached hydrogens (tertiary/aromatic N) is 2. The summed E-state index contributed by atoms with van der Waals surface area (Å²) in [6.07, 6.45) is 0.590. The number of aromatic nitrogens is 2. The molecular weight excluding hydrogens is 265 g/mol. The Morgan fingerprint density at radius 2 is 1.95 bits per heavy atom. The van der Waals surface area contributed by atoms with Gasteiger partial charge in [0.1, 0.15) is 22.6 Å². The Morgan fingerprint density at radius 1 is 1.21 bits per heavy atom. The molecule has 0 atom stereocenters. The van der Waals surface area contributed by atoms with Gasteiger partial charge in [-0.05, 0) is 31.9 Å². The molecule has 2 aromatic rings. The molecule has 3 nitrogen and oxygen atoms in total. The Morgan fingerprint density at radius 3 is 2.68 bits per heavy atom. The molecule has 19 heavy (non-hydrogen) atoms. The predicted octanol–water partition coefficient (Wildman–Crippen LogP) is 3.54. The quantitative estimate of drug-likeness (QED) is 0.870. The molecule has 0 unspecified atom stereocenters. The molecule has 0 fully saturated rings. The molecule has 0 amide bonds. The van der Waals surface area contributed by atoms with Crippen molar-refractivity contribution in [3.8, 4) is 0 Å². The van der Waals surface area contributed by atoms with Crippen molar-refractivity contribution in [3.63, 3.8) is 0 Å². The summed E-state index contributed by atoms with van der Waals surface area (Å²) in [4.78, 5) is 8.36. The molecule has 1 heterocycles. The minimum absolute atomic E-state index is 0.182. The Labute approximate surface area is 116 Å². The van der Waals surface area contributed by atoms with Crippen LogP contribution in [-0.2, 0) is 6.42 Å². The number of anilines is 1. The number of aryl methyl sites for hydroxylation is 1. The zero-order chi connectivity index (χ0) is 13.8. The standard InChI is InChI=1S/C14H15ClFN3/c1-9-13(15)18-10(2)19-14(9)17-8-7-11-5-3-4-6-12(11)16/h3-6H,7-8H2,1-2H3,(H,17,18,19). The summed E-state index contributed by atoms with van der Waals surface area (Å²) in [6.45, 7) is 4.23. The van der Waals surface area contributed by atoms with E-state index < -0.39 is 0 Å². The largest absolute Gasteiger partial charge is 0.369 e. The molecule has 0 aliphatic heterocycles. The summed E-state index contributed by atoms with van der Waals surface area (Å²) < 4.78 is 13.4. The van der Waals surface area contributed by atoms with E-state index in [2.05, 4.69) is 15.3 Å². The Hall–Kier alpha value is -1.68. The summed E-state index contributed by atoms with van der Waals surface area (Å²) in [5.74, 6) is 1.13. The fourth-order valence-corrected chi connectivity index (χ4v) is 1.99. The average Bonchev–Trinajstić information content (AvgIpc) is 2.37. The smallest absolute Gasteiger partial charge is 0.137 e. The molecule has 0 saturated carbocycles. The Kier molecular flexibility index (Phi) is 4.32. The van der Waals surface area contributed by atoms with Gasteiger partial charge >= 0.3 is 0 Å². The number of benzene rings is 1. The molecule has 2 rings (SSSR count). The van der Waals surface area contributed by atoms with Crippen LogP contribution in [0.4, 0.5) is 10.2 Å². The second-order valence-electron chi connectivity index (χ2n) is 4.30. The van der Waals surface area contributed by atoms with Gasteiger partial charge in [-0.3, -0.25) is 0 Å². The molecule has 0 aliphatic carbocycles. The van der Waals surface area contributed by atoms with Gasteiger partial charge in [0.15, 0.2) is 0 Å². The van der Waals surface area contributed by atoms with E-state index in [9.17, 15) is 4.39 Å². The normalized spacial score (nSPS) is 10.5. The third-order valence-corrected chi connectivity index (χ3v) is 3.21. The SMILES string of the molecule is Cc1nc(Cl)c(C)c(NCCc2ccccc2F)n1. The highest BCUT2D eigenvalue weighted by molar-refractivity contribution is 6.30. The van der Waals surface area contributed by atoms with Crippen molar-refractivity contribution < 1.29 is 4.39 Å². The van der Waals surface area contributed by atoms with Gasteiger partial charge < -0.3 is 5.32 Å². The van der Waals surface area contributed by atoms with Gasteiger partial charge in [0.25, 0.3) is 0 Å². The first-order chi connectivity index (χ1) is 9.08. The van der Waals surface area contributed by atoms with Crippen LogP contribution in [0.5, 0.6) is 0 Å². The highest BCUT2D eigenvalue weighted by atomic mass is 35.5. The summed E-state index contributed by atoms with van der Waals surface area (Å²) >= 11 is 5.99. The van der Waals surface area contributed by atoms with E-state index in [1.807, 2.05) is 13.0 Å². The van der Waals surface area contributed by atoms with E-state index >= 15 is 0 Å². The average molecular weight is 280 g/mol. The fraction of sp³-hybridized carbons (Fsp3) is 0.286. The lowest BCUT2D eigenvalue weighted by molar-refractivity contribution is 0.610. The van der Waals surface area contributed by atoms with E-state index in [1.165, 1.54) is 6.07 Å². The van der Waals surface area contributed by atoms with Crippen LogP contribution >= 0.6 is 11.6 Å². The van der Waals surface area contributed by atoms with Crippen molar-refractivity contribution >= 4 is 17.4 Å². The minimum atomic E-state index is -0.182. The molecule has 0 saturated heterocycles. The molecular formula is C14H15ClFN3. The number of halogens is 2. The highest BCUT2D eigenvalue weighted by Crippen LogP contribution is 2.19. The number of rotatable bonds is 4. The van der Waals surface area contributed by atoms with Crippen molar-refractivity contribution in [2.75, 3.05) is 11.9 Å². The molecule has 1 N–H and O–H groups in total. The first kappa shape index (κ1) is 13.7. The van der Waals surface area contributed by atoms with Gasteiger partial charge in [0, 0.05) is 12.1 Å². The zero-order valence-electron chi connectivity index (χ0n) is 10.9. The van der Waals surface area contributed by atoms with E-state index in [4.69, 9.17) is 11.6 Å². The summed E-state index contributed by atoms with van der Waals surface area (Å²) in [7, 11) is 0. The summed E-state index contributed by atoms with van der Waals surface area (Å²) in [6, 6.07) is 6.76. The topological polar surface area (TPSA) is 37.8 Å². The van der Waals surface area contributed by atoms with E-state index in [-0.39, 0.29) is 5.82 Å². The minimum Gasteiger partial charge on any atom is -0.369 e. The first-order valence-corrected chi connectivity index (χ1v) is 6.43. The fourth-order valence-electron chi connectivity index (χ4n) is 1.78. The van der Waals surface area contributed by atoms with Gasteiger partial charge in [0.05, 0.1) is 0 Å². The lowest BCUT2D eigenvalue weighted by atomic mass is 10.1. The third-order valence-electron chi connectivity index (χ3n) is 2.84. The van der Waals surface area contributed by atoms with Gasteiger partial charge in [-0.2, -0.15) is 0 Å². The van der Waals surface area contributed by atoms with E-state index in [1.54, 1.807) is 19.1 Å². The maximum absolute atomic E-state index is 13.4. The van der Waals surface area contributed by atoms with Crippen LogP contribution in [0.25, 0.3) is 0 Å². The van der Waals surface area contributed by atoms with Crippen LogP contribution in [-0.4, -0.2) is 16.5 Å². The molecule has 1 aromatic heterocycles. The van der Waals surface area contributed by atoms with Gasteiger partial charge in [-0.15, -0.1) is 0 Å². The summed E-state index contributed by atoms with van der Waals surface area (Å²) in [5, 5.41) is 3.61. The van der Waals surface area contributed by atoms with E-state index in [0.717, 1.165) is 5.56 Å². The number of nitrogens with one attached hydrogen (secondary N) is 1. The molecule has 0 radical (unpaired) electrons. The molecule has 0 spiro atoms. The Bertz CT molecular complexity index is 587. The molecule has 0 aliphatic rings. The zero-order valence-corrected chi connectivity index (χ0v) is 11.6. The van der Waals surface area contributed by atoms with Gasteiger partial charge in [-0.25, -0.2) is 14.4 Å². The molecule has 0 bridgehead atoms. The van der Waals surface area contributed by atoms with Crippen LogP contribution in [0.3, 0.4) is 0 Å². The lowest BCUT2D eigenvalue weighted by Gasteiger charge is -2.10. The second kappa shape index (κ2) is 5.97. The maximum Gasteiger partial charge on any atom is 0.137 e. The predicted molar refractivity (Wildman–Crippen MR) is 75.1 cm³/mol. The van der Waals surface area contributed by atoms with Crippen LogP contribution in [0.15, 0.2) is 24.3 Å². The van der Waals surface area contributed by atoms with Crippen molar-refractivity contribution in [1.82, 2.24) is 9.97 Å². The molecule has 1 aromatic carbocycles. The second-order valence-corrected chi connectivity index (χ2v) is 4.66. The van der Waals surface area contributed by atoms with Gasteiger partial charge in [-0.1, -0.05) is 29.8 Å². The van der Waals surface area contributed by atoms with Crippen LogP contribution in [0.1, 0.15) is 17.0 Å². The van der Waals surface area contributed by atoms with Gasteiger partial charge in [0.2, 0.25) is 0 Å². The lowest BCUT2D eigenvalue weighted by Crippen LogP contribution is -2.10. The van der Waals surface area contributed by atoms with Crippen LogP contribution < -0.4 is 5.32 Å². The van der Waals surface area contributed by atoms with Crippen molar-refractivity contribution in [1.29, 1.82) is 0 Å².